The number of aromatic nitrogens is 6. The number of nitrogens with zero attached hydrogens (tertiary/aromatic N) is 7. The summed E-state index contributed by atoms with van der Waals surface area (Å²) in [5.41, 5.74) is 0.0127. The van der Waals surface area contributed by atoms with Crippen LogP contribution in [0.4, 0.5) is 17.6 Å². The topological polar surface area (TPSA) is 106 Å². The van der Waals surface area contributed by atoms with E-state index in [1.165, 1.54) is 16.7 Å². The fourth-order valence-electron chi connectivity index (χ4n) is 5.33. The molecule has 1 unspecified atom stereocenters. The Balaban J connectivity index is 0.00000323. The molecule has 4 aromatic heterocycles. The highest BCUT2D eigenvalue weighted by Gasteiger charge is 2.69. The zero-order valence-electron chi connectivity index (χ0n) is 21.3. The zero-order valence-corrected chi connectivity index (χ0v) is 22.1. The van der Waals surface area contributed by atoms with E-state index in [9.17, 15) is 22.8 Å². The summed E-state index contributed by atoms with van der Waals surface area (Å²) in [4.78, 5) is 8.22. The highest BCUT2D eigenvalue weighted by atomic mass is 35.5. The van der Waals surface area contributed by atoms with E-state index in [-0.39, 0.29) is 48.6 Å². The molecule has 14 heteroatoms. The number of alkyl halides is 3. The van der Waals surface area contributed by atoms with Crippen LogP contribution in [0.25, 0.3) is 16.9 Å². The third-order valence-corrected chi connectivity index (χ3v) is 7.66. The summed E-state index contributed by atoms with van der Waals surface area (Å²) < 4.78 is 65.9. The summed E-state index contributed by atoms with van der Waals surface area (Å²) in [5.74, 6) is -0.702. The lowest BCUT2D eigenvalue weighted by Crippen LogP contribution is -2.35. The van der Waals surface area contributed by atoms with Crippen LogP contribution in [-0.2, 0) is 0 Å². The number of ether oxygens (including phenoxy) is 1. The highest BCUT2D eigenvalue weighted by molar-refractivity contribution is 5.85. The first kappa shape index (κ1) is 27.8. The van der Waals surface area contributed by atoms with E-state index in [4.69, 9.17) is 4.74 Å². The molecule has 5 heterocycles. The van der Waals surface area contributed by atoms with Gasteiger partial charge in [0.25, 0.3) is 0 Å². The summed E-state index contributed by atoms with van der Waals surface area (Å²) in [7, 11) is 0. The molecule has 9 nitrogen and oxygen atoms in total. The monoisotopic (exact) mass is 576 g/mol. The maximum absolute atomic E-state index is 14.3. The zero-order chi connectivity index (χ0) is 27.4. The SMILES string of the molecule is Cc1c(-c2cc(OC(c3ccc(F)cn3)C3(C(F)(F)F)CC3)n3c(C#N)cnc3c2)nnn1C1CCNCC1.Cl. The third kappa shape index (κ3) is 4.65. The molecule has 1 saturated heterocycles. The molecule has 1 aliphatic heterocycles. The van der Waals surface area contributed by atoms with Gasteiger partial charge >= 0.3 is 6.18 Å². The summed E-state index contributed by atoms with van der Waals surface area (Å²) >= 11 is 0. The predicted octanol–water partition coefficient (Wildman–Crippen LogP) is 5.12. The van der Waals surface area contributed by atoms with Gasteiger partial charge in [-0.25, -0.2) is 14.1 Å². The highest BCUT2D eigenvalue weighted by Crippen LogP contribution is 2.65. The third-order valence-electron chi connectivity index (χ3n) is 7.66. The predicted molar refractivity (Wildman–Crippen MR) is 137 cm³/mol. The molecule has 210 valence electrons. The maximum atomic E-state index is 14.3. The second-order valence-corrected chi connectivity index (χ2v) is 10.0. The van der Waals surface area contributed by atoms with Crippen molar-refractivity contribution in [1.29, 1.82) is 5.26 Å². The van der Waals surface area contributed by atoms with Crippen molar-refractivity contribution in [2.45, 2.75) is 50.9 Å². The summed E-state index contributed by atoms with van der Waals surface area (Å²) in [6.45, 7) is 3.63. The smallest absolute Gasteiger partial charge is 0.398 e. The van der Waals surface area contributed by atoms with Crippen LogP contribution in [0.1, 0.15) is 54.9 Å². The van der Waals surface area contributed by atoms with E-state index in [1.807, 2.05) is 17.7 Å². The number of hydrogen-bond donors (Lipinski definition) is 1. The Morgan fingerprint density at radius 2 is 1.90 bits per heavy atom. The van der Waals surface area contributed by atoms with E-state index >= 15 is 0 Å². The maximum Gasteiger partial charge on any atom is 0.398 e. The van der Waals surface area contributed by atoms with E-state index in [0.29, 0.717) is 16.9 Å². The lowest BCUT2D eigenvalue weighted by atomic mass is 9.95. The van der Waals surface area contributed by atoms with Crippen LogP contribution in [0.15, 0.2) is 36.7 Å². The van der Waals surface area contributed by atoms with Crippen molar-refractivity contribution in [2.24, 2.45) is 5.41 Å². The van der Waals surface area contributed by atoms with Gasteiger partial charge in [-0.15, -0.1) is 17.5 Å². The van der Waals surface area contributed by atoms with Crippen LogP contribution in [-0.4, -0.2) is 48.6 Å². The van der Waals surface area contributed by atoms with E-state index in [0.717, 1.165) is 43.9 Å². The van der Waals surface area contributed by atoms with Crippen LogP contribution in [0.5, 0.6) is 5.88 Å². The molecular formula is C26H25ClF4N8O. The molecule has 40 heavy (non-hydrogen) atoms. The Hall–Kier alpha value is -3.76. The summed E-state index contributed by atoms with van der Waals surface area (Å²) in [6.07, 6.45) is -2.51. The number of rotatable bonds is 6. The van der Waals surface area contributed by atoms with E-state index in [1.54, 1.807) is 12.1 Å². The first-order valence-electron chi connectivity index (χ1n) is 12.6. The molecule has 6 rings (SSSR count). The Kier molecular flexibility index (Phi) is 7.18. The molecule has 0 amide bonds. The van der Waals surface area contributed by atoms with Gasteiger partial charge in [0, 0.05) is 11.6 Å². The molecule has 1 saturated carbocycles. The van der Waals surface area contributed by atoms with Gasteiger partial charge < -0.3 is 10.1 Å². The van der Waals surface area contributed by atoms with Crippen LogP contribution in [0, 0.1) is 29.5 Å². The average molecular weight is 577 g/mol. The number of pyridine rings is 2. The Bertz CT molecular complexity index is 1570. The minimum absolute atomic E-state index is 0. The largest absolute Gasteiger partial charge is 0.468 e. The minimum atomic E-state index is -4.59. The number of imidazole rings is 1. The first-order valence-corrected chi connectivity index (χ1v) is 12.6. The molecule has 0 spiro atoms. The van der Waals surface area contributed by atoms with Gasteiger partial charge in [-0.2, -0.15) is 18.4 Å². The Morgan fingerprint density at radius 3 is 2.52 bits per heavy atom. The fraction of sp³-hybridized carbons (Fsp3) is 0.423. The van der Waals surface area contributed by atoms with Crippen molar-refractivity contribution in [1.82, 2.24) is 34.7 Å². The van der Waals surface area contributed by atoms with Gasteiger partial charge in [0.2, 0.25) is 5.88 Å². The van der Waals surface area contributed by atoms with Crippen LogP contribution < -0.4 is 10.1 Å². The van der Waals surface area contributed by atoms with Crippen molar-refractivity contribution in [3.05, 3.63) is 59.6 Å². The molecule has 1 aliphatic carbocycles. The minimum Gasteiger partial charge on any atom is -0.468 e. The summed E-state index contributed by atoms with van der Waals surface area (Å²) in [5, 5.41) is 21.8. The number of halogens is 5. The average Bonchev–Trinajstić information content (AvgIpc) is 3.51. The van der Waals surface area contributed by atoms with Gasteiger partial charge in [0.1, 0.15) is 34.3 Å². The first-order chi connectivity index (χ1) is 18.7. The van der Waals surface area contributed by atoms with Crippen molar-refractivity contribution < 1.29 is 22.3 Å². The molecule has 2 fully saturated rings. The number of nitrogens with one attached hydrogen (secondary N) is 1. The quantitative estimate of drug-likeness (QED) is 0.318. The van der Waals surface area contributed by atoms with E-state index < -0.39 is 23.5 Å². The van der Waals surface area contributed by atoms with Gasteiger partial charge in [-0.05, 0) is 63.9 Å². The fourth-order valence-corrected chi connectivity index (χ4v) is 5.33. The molecule has 1 N–H and O–H groups in total. The van der Waals surface area contributed by atoms with Crippen LogP contribution in [0.2, 0.25) is 0 Å². The molecule has 0 aromatic carbocycles. The molecule has 0 bridgehead atoms. The normalized spacial score (nSPS) is 17.7. The number of nitriles is 1. The Labute approximate surface area is 232 Å². The standard InChI is InChI=1S/C26H24F4N8O.ClH/c1-15-23(35-36-38(15)18-4-8-32-9-5-18)16-10-21-34-14-19(12-31)37(21)22(11-16)39-24(20-3-2-17(27)13-33-20)25(6-7-25)26(28,29)30;/h2-3,10-11,13-14,18,24,32H,4-9H2,1H3;1H. The summed E-state index contributed by atoms with van der Waals surface area (Å²) in [6, 6.07) is 7.67. The number of hydrogen-bond acceptors (Lipinski definition) is 7. The van der Waals surface area contributed by atoms with Gasteiger partial charge in [0.15, 0.2) is 6.10 Å². The van der Waals surface area contributed by atoms with Gasteiger partial charge in [-0.3, -0.25) is 9.38 Å². The van der Waals surface area contributed by atoms with Crippen molar-refractivity contribution in [3.8, 4) is 23.2 Å². The molecule has 2 aliphatic rings. The van der Waals surface area contributed by atoms with Crippen molar-refractivity contribution in [3.63, 3.8) is 0 Å². The Morgan fingerprint density at radius 1 is 1.15 bits per heavy atom. The molecule has 0 radical (unpaired) electrons. The van der Waals surface area contributed by atoms with E-state index in [2.05, 4.69) is 25.6 Å². The number of piperidine rings is 1. The lowest BCUT2D eigenvalue weighted by molar-refractivity contribution is -0.212. The molecule has 4 aromatic rings. The number of fused-ring (bicyclic) bond motifs is 1. The molecule has 1 atom stereocenters. The second kappa shape index (κ2) is 10.3. The van der Waals surface area contributed by atoms with Crippen molar-refractivity contribution >= 4 is 18.1 Å². The van der Waals surface area contributed by atoms with Crippen LogP contribution in [0.3, 0.4) is 0 Å². The van der Waals surface area contributed by atoms with Crippen LogP contribution >= 0.6 is 12.4 Å². The van der Waals surface area contributed by atoms with Crippen molar-refractivity contribution in [2.75, 3.05) is 13.1 Å². The molecular weight excluding hydrogens is 552 g/mol. The lowest BCUT2D eigenvalue weighted by Gasteiger charge is -2.29. The second-order valence-electron chi connectivity index (χ2n) is 10.0. The van der Waals surface area contributed by atoms with Gasteiger partial charge in [0.05, 0.1) is 29.8 Å². The van der Waals surface area contributed by atoms with Gasteiger partial charge in [-0.1, -0.05) is 5.21 Å².